The van der Waals surface area contributed by atoms with E-state index in [1.165, 1.54) is 24.3 Å². The molecule has 0 aliphatic rings. The monoisotopic (exact) mass is 449 g/mol. The Labute approximate surface area is 195 Å². The molecule has 0 aliphatic heterocycles. The van der Waals surface area contributed by atoms with Crippen LogP contribution in [0.15, 0.2) is 96.6 Å². The van der Waals surface area contributed by atoms with Gasteiger partial charge < -0.3 is 10.1 Å². The number of nitro groups is 1. The Morgan fingerprint density at radius 2 is 1.68 bits per heavy atom. The van der Waals surface area contributed by atoms with Gasteiger partial charge in [0.1, 0.15) is 29.7 Å². The number of fused-ring (bicyclic) bond motifs is 1. The molecule has 0 aliphatic carbocycles. The Bertz CT molecular complexity index is 1440. The van der Waals surface area contributed by atoms with Crippen LogP contribution in [0.25, 0.3) is 16.8 Å². The number of carbonyl (C=O) groups excluding carboxylic acids is 1. The lowest BCUT2D eigenvalue weighted by Gasteiger charge is -2.13. The van der Waals surface area contributed by atoms with Crippen molar-refractivity contribution < 1.29 is 14.5 Å². The highest BCUT2D eigenvalue weighted by Crippen LogP contribution is 2.31. The van der Waals surface area contributed by atoms with Crippen LogP contribution in [-0.4, -0.2) is 10.8 Å². The summed E-state index contributed by atoms with van der Waals surface area (Å²) < 4.78 is 6.05. The largest absolute Gasteiger partial charge is 0.488 e. The Hall–Kier alpha value is -4.96. The zero-order chi connectivity index (χ0) is 23.9. The fourth-order valence-corrected chi connectivity index (χ4v) is 3.51. The van der Waals surface area contributed by atoms with Crippen LogP contribution in [0.2, 0.25) is 0 Å². The molecule has 4 rings (SSSR count). The normalized spacial score (nSPS) is 11.0. The van der Waals surface area contributed by atoms with Gasteiger partial charge in [0.25, 0.3) is 11.6 Å². The predicted octanol–water partition coefficient (Wildman–Crippen LogP) is 5.87. The van der Waals surface area contributed by atoms with Gasteiger partial charge in [-0.2, -0.15) is 5.26 Å². The van der Waals surface area contributed by atoms with E-state index in [0.717, 1.165) is 16.3 Å². The van der Waals surface area contributed by atoms with Crippen LogP contribution in [0.5, 0.6) is 5.75 Å². The van der Waals surface area contributed by atoms with Crippen molar-refractivity contribution >= 4 is 34.1 Å². The van der Waals surface area contributed by atoms with Gasteiger partial charge in [-0.15, -0.1) is 0 Å². The molecule has 0 aromatic heterocycles. The van der Waals surface area contributed by atoms with Gasteiger partial charge in [-0.25, -0.2) is 0 Å². The first-order chi connectivity index (χ1) is 16.6. The van der Waals surface area contributed by atoms with Gasteiger partial charge in [0.2, 0.25) is 0 Å². The molecule has 7 nitrogen and oxygen atoms in total. The standard InChI is InChI=1S/C27H19N3O4/c28-17-21(27(31)29-24-12-6-7-13-25(24)30(32)33)16-23-22-11-5-4-10-20(22)14-15-26(23)34-18-19-8-2-1-3-9-19/h1-16H,18H2,(H,29,31)/b21-16+. The van der Waals surface area contributed by atoms with Crippen molar-refractivity contribution in [3.8, 4) is 11.8 Å². The van der Waals surface area contributed by atoms with Gasteiger partial charge in [-0.1, -0.05) is 72.8 Å². The van der Waals surface area contributed by atoms with Gasteiger partial charge >= 0.3 is 0 Å². The number of nitriles is 1. The van der Waals surface area contributed by atoms with Gasteiger partial charge in [0.15, 0.2) is 0 Å². The number of anilines is 1. The topological polar surface area (TPSA) is 105 Å². The summed E-state index contributed by atoms with van der Waals surface area (Å²) in [7, 11) is 0. The minimum atomic E-state index is -0.751. The van der Waals surface area contributed by atoms with Gasteiger partial charge in [-0.3, -0.25) is 14.9 Å². The third kappa shape index (κ3) is 4.92. The number of carbonyl (C=O) groups is 1. The van der Waals surface area contributed by atoms with E-state index in [2.05, 4.69) is 5.32 Å². The molecule has 34 heavy (non-hydrogen) atoms. The number of para-hydroxylation sites is 2. The van der Waals surface area contributed by atoms with Crippen molar-refractivity contribution in [1.29, 1.82) is 5.26 Å². The smallest absolute Gasteiger partial charge is 0.292 e. The average molecular weight is 449 g/mol. The number of nitrogens with zero attached hydrogens (tertiary/aromatic N) is 2. The van der Waals surface area contributed by atoms with Crippen LogP contribution in [0.4, 0.5) is 11.4 Å². The van der Waals surface area contributed by atoms with Crippen molar-refractivity contribution in [1.82, 2.24) is 0 Å². The summed E-state index contributed by atoms with van der Waals surface area (Å²) in [6, 6.07) is 28.6. The Morgan fingerprint density at radius 1 is 0.971 bits per heavy atom. The minimum Gasteiger partial charge on any atom is -0.488 e. The van der Waals surface area contributed by atoms with E-state index in [4.69, 9.17) is 4.74 Å². The molecule has 4 aromatic carbocycles. The molecule has 0 fully saturated rings. The maximum Gasteiger partial charge on any atom is 0.292 e. The highest BCUT2D eigenvalue weighted by Gasteiger charge is 2.18. The molecule has 0 saturated heterocycles. The molecule has 0 spiro atoms. The summed E-state index contributed by atoms with van der Waals surface area (Å²) in [6.07, 6.45) is 1.45. The molecule has 0 unspecified atom stereocenters. The molecule has 0 radical (unpaired) electrons. The molecular weight excluding hydrogens is 430 g/mol. The summed E-state index contributed by atoms with van der Waals surface area (Å²) in [6.45, 7) is 0.310. The number of hydrogen-bond acceptors (Lipinski definition) is 5. The first-order valence-corrected chi connectivity index (χ1v) is 10.4. The fourth-order valence-electron chi connectivity index (χ4n) is 3.51. The van der Waals surface area contributed by atoms with E-state index in [-0.39, 0.29) is 16.9 Å². The third-order valence-electron chi connectivity index (χ3n) is 5.17. The number of hydrogen-bond donors (Lipinski definition) is 1. The van der Waals surface area contributed by atoms with Crippen molar-refractivity contribution in [3.63, 3.8) is 0 Å². The van der Waals surface area contributed by atoms with Gasteiger partial charge in [-0.05, 0) is 34.5 Å². The van der Waals surface area contributed by atoms with E-state index in [1.54, 1.807) is 12.1 Å². The first kappa shape index (κ1) is 22.2. The molecule has 7 heteroatoms. The highest BCUT2D eigenvalue weighted by molar-refractivity contribution is 6.12. The zero-order valence-corrected chi connectivity index (χ0v) is 18.0. The fraction of sp³-hybridized carbons (Fsp3) is 0.0370. The summed E-state index contributed by atoms with van der Waals surface area (Å²) in [5.41, 5.74) is 1.09. The zero-order valence-electron chi connectivity index (χ0n) is 18.0. The molecule has 0 saturated carbocycles. The lowest BCUT2D eigenvalue weighted by molar-refractivity contribution is -0.383. The number of rotatable bonds is 7. The average Bonchev–Trinajstić information content (AvgIpc) is 2.87. The van der Waals surface area contributed by atoms with E-state index in [9.17, 15) is 20.2 Å². The van der Waals surface area contributed by atoms with Crippen LogP contribution < -0.4 is 10.1 Å². The van der Waals surface area contributed by atoms with E-state index in [0.29, 0.717) is 17.9 Å². The molecule has 0 heterocycles. The molecule has 0 bridgehead atoms. The predicted molar refractivity (Wildman–Crippen MR) is 130 cm³/mol. The Morgan fingerprint density at radius 3 is 2.44 bits per heavy atom. The molecule has 1 N–H and O–H groups in total. The quantitative estimate of drug-likeness (QED) is 0.164. The number of ether oxygens (including phenoxy) is 1. The third-order valence-corrected chi connectivity index (χ3v) is 5.17. The number of nitro benzene ring substituents is 1. The molecule has 0 atom stereocenters. The number of benzene rings is 4. The molecule has 4 aromatic rings. The maximum atomic E-state index is 12.9. The second-order valence-corrected chi connectivity index (χ2v) is 7.37. The van der Waals surface area contributed by atoms with Crippen LogP contribution in [0.1, 0.15) is 11.1 Å². The van der Waals surface area contributed by atoms with Gasteiger partial charge in [0.05, 0.1) is 4.92 Å². The summed E-state index contributed by atoms with van der Waals surface area (Å²) in [4.78, 5) is 23.6. The van der Waals surface area contributed by atoms with E-state index < -0.39 is 10.8 Å². The van der Waals surface area contributed by atoms with E-state index in [1.807, 2.05) is 66.7 Å². The maximum absolute atomic E-state index is 12.9. The van der Waals surface area contributed by atoms with Crippen LogP contribution in [0.3, 0.4) is 0 Å². The second-order valence-electron chi connectivity index (χ2n) is 7.37. The number of nitrogens with one attached hydrogen (secondary N) is 1. The summed E-state index contributed by atoms with van der Waals surface area (Å²) in [5.74, 6) is -0.243. The Kier molecular flexibility index (Phi) is 6.61. The van der Waals surface area contributed by atoms with Crippen molar-refractivity contribution in [3.05, 3.63) is 118 Å². The highest BCUT2D eigenvalue weighted by atomic mass is 16.6. The summed E-state index contributed by atoms with van der Waals surface area (Å²) >= 11 is 0. The first-order valence-electron chi connectivity index (χ1n) is 10.4. The molecule has 1 amide bonds. The van der Waals surface area contributed by atoms with Crippen LogP contribution in [-0.2, 0) is 11.4 Å². The van der Waals surface area contributed by atoms with E-state index >= 15 is 0 Å². The van der Waals surface area contributed by atoms with Crippen molar-refractivity contribution in [2.75, 3.05) is 5.32 Å². The van der Waals surface area contributed by atoms with Crippen molar-refractivity contribution in [2.24, 2.45) is 0 Å². The van der Waals surface area contributed by atoms with Gasteiger partial charge in [0, 0.05) is 11.6 Å². The summed E-state index contributed by atoms with van der Waals surface area (Å²) in [5, 5.41) is 25.2. The molecular formula is C27H19N3O4. The molecule has 166 valence electrons. The second kappa shape index (κ2) is 10.1. The Balaban J connectivity index is 1.72. The SMILES string of the molecule is N#C/C(=C\c1c(OCc2ccccc2)ccc2ccccc12)C(=O)Nc1ccccc1[N+](=O)[O-]. The van der Waals surface area contributed by atoms with Crippen LogP contribution >= 0.6 is 0 Å². The lowest BCUT2D eigenvalue weighted by atomic mass is 10.0. The number of amides is 1. The minimum absolute atomic E-state index is 0.0112. The van der Waals surface area contributed by atoms with Crippen molar-refractivity contribution in [2.45, 2.75) is 6.61 Å². The lowest BCUT2D eigenvalue weighted by Crippen LogP contribution is -2.14. The van der Waals surface area contributed by atoms with Crippen LogP contribution in [0, 0.1) is 21.4 Å².